The maximum absolute atomic E-state index is 9.21. The lowest BCUT2D eigenvalue weighted by atomic mass is 10.1. The summed E-state index contributed by atoms with van der Waals surface area (Å²) in [5.41, 5.74) is 2.07. The molecule has 13 heavy (non-hydrogen) atoms. The summed E-state index contributed by atoms with van der Waals surface area (Å²) in [6, 6.07) is 0. The number of rotatable bonds is 0. The van der Waals surface area contributed by atoms with Gasteiger partial charge in [-0.15, -0.1) is 0 Å². The summed E-state index contributed by atoms with van der Waals surface area (Å²) in [6.07, 6.45) is 9.10. The maximum Gasteiger partial charge on any atom is 0.274 e. The fourth-order valence-corrected chi connectivity index (χ4v) is 1.86. The Morgan fingerprint density at radius 2 is 2.00 bits per heavy atom. The predicted molar refractivity (Wildman–Crippen MR) is 45.5 cm³/mol. The molecule has 0 saturated carbocycles. The highest BCUT2D eigenvalue weighted by molar-refractivity contribution is 5.55. The number of fused-ring (bicyclic) bond motifs is 1. The number of ether oxygens (including phenoxy) is 2. The van der Waals surface area contributed by atoms with Crippen molar-refractivity contribution in [2.45, 2.75) is 12.2 Å². The normalized spacial score (nSPS) is 26.3. The summed E-state index contributed by atoms with van der Waals surface area (Å²) >= 11 is 0. The van der Waals surface area contributed by atoms with E-state index in [-0.39, 0.29) is 0 Å². The molecule has 0 atom stereocenters. The molecule has 3 aliphatic rings. The Labute approximate surface area is 75.3 Å². The topological polar surface area (TPSA) is 38.7 Å². The molecule has 0 amide bonds. The third kappa shape index (κ3) is 0.840. The monoisotopic (exact) mass is 176 g/mol. The van der Waals surface area contributed by atoms with E-state index in [1.54, 1.807) is 24.7 Å². The number of aliphatic hydroxyl groups excluding tert-OH is 1. The summed E-state index contributed by atoms with van der Waals surface area (Å²) in [5, 5.41) is 9.21. The van der Waals surface area contributed by atoms with Crippen LogP contribution < -0.4 is 0 Å². The van der Waals surface area contributed by atoms with Crippen LogP contribution in [0.2, 0.25) is 0 Å². The van der Waals surface area contributed by atoms with Crippen LogP contribution in [-0.2, 0) is 9.47 Å². The number of aliphatic hydroxyl groups is 1. The molecule has 3 nitrogen and oxygen atoms in total. The molecule has 1 heterocycles. The Morgan fingerprint density at radius 1 is 1.23 bits per heavy atom. The molecule has 0 aromatic carbocycles. The Morgan fingerprint density at radius 3 is 2.69 bits per heavy atom. The van der Waals surface area contributed by atoms with Crippen LogP contribution >= 0.6 is 0 Å². The Kier molecular flexibility index (Phi) is 1.05. The van der Waals surface area contributed by atoms with Gasteiger partial charge in [0.2, 0.25) is 0 Å². The molecule has 0 aromatic heterocycles. The molecule has 0 fully saturated rings. The highest BCUT2D eigenvalue weighted by atomic mass is 16.7. The minimum atomic E-state index is -0.627. The molecule has 2 aliphatic carbocycles. The van der Waals surface area contributed by atoms with E-state index in [2.05, 4.69) is 0 Å². The van der Waals surface area contributed by atoms with Crippen LogP contribution in [-0.4, -0.2) is 10.9 Å². The first-order valence-electron chi connectivity index (χ1n) is 4.13. The molecule has 1 spiro atoms. The number of hydrogen-bond donors (Lipinski definition) is 1. The van der Waals surface area contributed by atoms with Crippen LogP contribution in [0.1, 0.15) is 6.42 Å². The summed E-state index contributed by atoms with van der Waals surface area (Å²) in [6.45, 7) is 0. The molecular weight excluding hydrogens is 168 g/mol. The van der Waals surface area contributed by atoms with E-state index >= 15 is 0 Å². The molecule has 66 valence electrons. The largest absolute Gasteiger partial charge is 0.508 e. The molecule has 0 aromatic rings. The number of hydrogen-bond acceptors (Lipinski definition) is 3. The molecule has 0 radical (unpaired) electrons. The van der Waals surface area contributed by atoms with Gasteiger partial charge in [-0.2, -0.15) is 0 Å². The Hall–Kier alpha value is -1.64. The van der Waals surface area contributed by atoms with Gasteiger partial charge in [-0.25, -0.2) is 0 Å². The van der Waals surface area contributed by atoms with Gasteiger partial charge in [0.05, 0.1) is 6.42 Å². The van der Waals surface area contributed by atoms with E-state index in [1.807, 2.05) is 6.08 Å². The second kappa shape index (κ2) is 1.99. The van der Waals surface area contributed by atoms with Crippen LogP contribution in [0.25, 0.3) is 0 Å². The summed E-state index contributed by atoms with van der Waals surface area (Å²) < 4.78 is 10.7. The average molecular weight is 176 g/mol. The minimum Gasteiger partial charge on any atom is -0.508 e. The van der Waals surface area contributed by atoms with Crippen molar-refractivity contribution in [1.82, 2.24) is 0 Å². The van der Waals surface area contributed by atoms with E-state index in [9.17, 15) is 5.11 Å². The van der Waals surface area contributed by atoms with Gasteiger partial charge in [0.25, 0.3) is 5.79 Å². The van der Waals surface area contributed by atoms with E-state index in [1.165, 1.54) is 0 Å². The Balaban J connectivity index is 1.99. The van der Waals surface area contributed by atoms with Gasteiger partial charge in [0, 0.05) is 6.08 Å². The quantitative estimate of drug-likeness (QED) is 0.612. The Bertz CT molecular complexity index is 377. The van der Waals surface area contributed by atoms with Crippen molar-refractivity contribution in [3.63, 3.8) is 0 Å². The zero-order valence-corrected chi connectivity index (χ0v) is 6.86. The fraction of sp³-hybridized carbons (Fsp3) is 0.200. The van der Waals surface area contributed by atoms with Crippen LogP contribution in [0.15, 0.2) is 47.7 Å². The SMILES string of the molecule is OC1=CC2=CC3(CC2=C1)OC=CO3. The minimum absolute atomic E-state index is 0.307. The van der Waals surface area contributed by atoms with Gasteiger partial charge < -0.3 is 14.6 Å². The van der Waals surface area contributed by atoms with E-state index < -0.39 is 5.79 Å². The van der Waals surface area contributed by atoms with Crippen LogP contribution in [0, 0.1) is 0 Å². The van der Waals surface area contributed by atoms with Gasteiger partial charge in [0.15, 0.2) is 0 Å². The second-order valence-corrected chi connectivity index (χ2v) is 3.33. The maximum atomic E-state index is 9.21. The smallest absolute Gasteiger partial charge is 0.274 e. The molecular formula is C10H8O3. The van der Waals surface area contributed by atoms with Gasteiger partial charge in [-0.05, 0) is 23.3 Å². The van der Waals surface area contributed by atoms with Crippen molar-refractivity contribution in [2.75, 3.05) is 0 Å². The number of allylic oxidation sites excluding steroid dienone is 3. The lowest BCUT2D eigenvalue weighted by Crippen LogP contribution is -2.23. The van der Waals surface area contributed by atoms with Crippen LogP contribution in [0.5, 0.6) is 0 Å². The average Bonchev–Trinajstić information content (AvgIpc) is 2.67. The fourth-order valence-electron chi connectivity index (χ4n) is 1.86. The predicted octanol–water partition coefficient (Wildman–Crippen LogP) is 1.91. The first-order chi connectivity index (χ1) is 6.27. The molecule has 0 saturated heterocycles. The summed E-state index contributed by atoms with van der Waals surface area (Å²) in [4.78, 5) is 0. The van der Waals surface area contributed by atoms with Crippen molar-refractivity contribution >= 4 is 0 Å². The summed E-state index contributed by atoms with van der Waals surface area (Å²) in [5.74, 6) is -0.319. The van der Waals surface area contributed by atoms with Gasteiger partial charge in [-0.3, -0.25) is 0 Å². The summed E-state index contributed by atoms with van der Waals surface area (Å²) in [7, 11) is 0. The molecule has 0 bridgehead atoms. The van der Waals surface area contributed by atoms with Crippen molar-refractivity contribution in [2.24, 2.45) is 0 Å². The van der Waals surface area contributed by atoms with Gasteiger partial charge in [0.1, 0.15) is 18.3 Å². The first kappa shape index (κ1) is 6.83. The zero-order valence-electron chi connectivity index (χ0n) is 6.86. The van der Waals surface area contributed by atoms with Gasteiger partial charge >= 0.3 is 0 Å². The third-order valence-electron chi connectivity index (χ3n) is 2.40. The molecule has 3 rings (SSSR count). The molecule has 1 aliphatic heterocycles. The first-order valence-corrected chi connectivity index (χ1v) is 4.13. The van der Waals surface area contributed by atoms with Crippen molar-refractivity contribution < 1.29 is 14.6 Å². The van der Waals surface area contributed by atoms with Crippen LogP contribution in [0.4, 0.5) is 0 Å². The lowest BCUT2D eigenvalue weighted by Gasteiger charge is -2.19. The van der Waals surface area contributed by atoms with E-state index in [4.69, 9.17) is 9.47 Å². The van der Waals surface area contributed by atoms with Crippen molar-refractivity contribution in [1.29, 1.82) is 0 Å². The zero-order chi connectivity index (χ0) is 8.89. The lowest BCUT2D eigenvalue weighted by molar-refractivity contribution is -0.0925. The highest BCUT2D eigenvalue weighted by Crippen LogP contribution is 2.42. The van der Waals surface area contributed by atoms with Crippen molar-refractivity contribution in [3.05, 3.63) is 47.7 Å². The molecule has 3 heteroatoms. The highest BCUT2D eigenvalue weighted by Gasteiger charge is 2.41. The standard InChI is InChI=1S/C10H8O3/c11-9-3-7-5-10(6-8(7)4-9)12-1-2-13-10/h1-5,11H,6H2. The molecule has 1 N–H and O–H groups in total. The van der Waals surface area contributed by atoms with Crippen molar-refractivity contribution in [3.8, 4) is 0 Å². The van der Waals surface area contributed by atoms with Gasteiger partial charge in [-0.1, -0.05) is 0 Å². The third-order valence-corrected chi connectivity index (χ3v) is 2.40. The van der Waals surface area contributed by atoms with E-state index in [0.717, 1.165) is 11.1 Å². The van der Waals surface area contributed by atoms with Crippen LogP contribution in [0.3, 0.4) is 0 Å². The molecule has 0 unspecified atom stereocenters. The van der Waals surface area contributed by atoms with E-state index in [0.29, 0.717) is 12.2 Å². The second-order valence-electron chi connectivity index (χ2n) is 3.33.